The second kappa shape index (κ2) is 27.2. The van der Waals surface area contributed by atoms with Crippen molar-refractivity contribution in [3.8, 4) is 0 Å². The predicted octanol–water partition coefficient (Wildman–Crippen LogP) is 9.56. The molecule has 1 nitrogen and oxygen atoms in total. The van der Waals surface area contributed by atoms with Crippen molar-refractivity contribution < 1.29 is 0 Å². The molecule has 0 aromatic carbocycles. The Morgan fingerprint density at radius 2 is 1.37 bits per heavy atom. The third kappa shape index (κ3) is 16.9. The molecule has 0 amide bonds. The van der Waals surface area contributed by atoms with Gasteiger partial charge in [0.25, 0.3) is 0 Å². The number of unbranched alkanes of at least 4 members (excludes halogenated alkanes) is 1. The molecule has 0 saturated heterocycles. The molecule has 164 valence electrons. The molecule has 1 aliphatic rings. The molecule has 1 fully saturated rings. The van der Waals surface area contributed by atoms with Crippen LogP contribution < -0.4 is 0 Å². The van der Waals surface area contributed by atoms with Crippen molar-refractivity contribution in [3.05, 3.63) is 35.6 Å². The maximum atomic E-state index is 4.30. The van der Waals surface area contributed by atoms with Crippen LogP contribution in [0.3, 0.4) is 0 Å². The molecule has 0 atom stereocenters. The van der Waals surface area contributed by atoms with Crippen molar-refractivity contribution in [1.82, 2.24) is 4.90 Å². The van der Waals surface area contributed by atoms with E-state index in [0.29, 0.717) is 0 Å². The highest BCUT2D eigenvalue weighted by atomic mass is 15.2. The van der Waals surface area contributed by atoms with E-state index in [-0.39, 0.29) is 0 Å². The van der Waals surface area contributed by atoms with Gasteiger partial charge in [-0.15, -0.1) is 0 Å². The van der Waals surface area contributed by atoms with E-state index in [2.05, 4.69) is 51.3 Å². The summed E-state index contributed by atoms with van der Waals surface area (Å²) in [6.45, 7) is 30.3. The number of allylic oxidation sites excluding steroid dienone is 4. The van der Waals surface area contributed by atoms with Gasteiger partial charge in [0.1, 0.15) is 0 Å². The van der Waals surface area contributed by atoms with E-state index in [1.165, 1.54) is 55.4 Å². The van der Waals surface area contributed by atoms with Crippen molar-refractivity contribution in [2.75, 3.05) is 6.54 Å². The molecule has 1 heteroatoms. The van der Waals surface area contributed by atoms with Crippen molar-refractivity contribution in [1.29, 1.82) is 0 Å². The molecule has 0 aromatic heterocycles. The highest BCUT2D eigenvalue weighted by Crippen LogP contribution is 2.29. The van der Waals surface area contributed by atoms with Gasteiger partial charge >= 0.3 is 0 Å². The zero-order valence-corrected chi connectivity index (χ0v) is 21.3. The van der Waals surface area contributed by atoms with Crippen LogP contribution in [0.25, 0.3) is 0 Å². The SMILES string of the molecule is C=C(/C(C)=C\C=C(/C)CCCC)N(CC)C1CCC1.CC.CC.CC.CC. The highest BCUT2D eigenvalue weighted by Gasteiger charge is 2.24. The zero-order chi connectivity index (χ0) is 22.3. The highest BCUT2D eigenvalue weighted by molar-refractivity contribution is 5.30. The molecule has 1 rings (SSSR count). The first-order valence-corrected chi connectivity index (χ1v) is 11.9. The van der Waals surface area contributed by atoms with Crippen LogP contribution in [0.2, 0.25) is 0 Å². The van der Waals surface area contributed by atoms with Gasteiger partial charge in [-0.25, -0.2) is 0 Å². The van der Waals surface area contributed by atoms with Gasteiger partial charge in [0.2, 0.25) is 0 Å². The van der Waals surface area contributed by atoms with E-state index in [0.717, 1.165) is 12.6 Å². The van der Waals surface area contributed by atoms with Gasteiger partial charge in [-0.3, -0.25) is 0 Å². The van der Waals surface area contributed by atoms with Gasteiger partial charge in [-0.05, 0) is 58.4 Å². The third-order valence-corrected chi connectivity index (χ3v) is 4.20. The zero-order valence-electron chi connectivity index (χ0n) is 21.3. The van der Waals surface area contributed by atoms with Crippen molar-refractivity contribution >= 4 is 0 Å². The number of nitrogens with zero attached hydrogens (tertiary/aromatic N) is 1. The summed E-state index contributed by atoms with van der Waals surface area (Å²) in [6, 6.07) is 0.742. The minimum atomic E-state index is 0.742. The van der Waals surface area contributed by atoms with Gasteiger partial charge in [0, 0.05) is 18.3 Å². The molecule has 0 radical (unpaired) electrons. The molecule has 1 saturated carbocycles. The molecule has 0 unspecified atom stereocenters. The summed E-state index contributed by atoms with van der Waals surface area (Å²) in [5, 5.41) is 0. The van der Waals surface area contributed by atoms with Gasteiger partial charge < -0.3 is 4.90 Å². The summed E-state index contributed by atoms with van der Waals surface area (Å²) in [7, 11) is 0. The van der Waals surface area contributed by atoms with Crippen LogP contribution in [0.15, 0.2) is 35.6 Å². The van der Waals surface area contributed by atoms with E-state index >= 15 is 0 Å². The molecule has 1 aliphatic carbocycles. The summed E-state index contributed by atoms with van der Waals surface area (Å²) >= 11 is 0. The summed E-state index contributed by atoms with van der Waals surface area (Å²) < 4.78 is 0. The Kier molecular flexibility index (Phi) is 33.9. The van der Waals surface area contributed by atoms with Gasteiger partial charge in [0.15, 0.2) is 0 Å². The largest absolute Gasteiger partial charge is 0.369 e. The average molecular weight is 382 g/mol. The molecule has 0 aliphatic heterocycles. The second-order valence-corrected chi connectivity index (χ2v) is 5.78. The van der Waals surface area contributed by atoms with E-state index < -0.39 is 0 Å². The normalized spacial score (nSPS) is 13.0. The minimum absolute atomic E-state index is 0.742. The van der Waals surface area contributed by atoms with Crippen LogP contribution in [0.1, 0.15) is 122 Å². The van der Waals surface area contributed by atoms with Crippen molar-refractivity contribution in [3.63, 3.8) is 0 Å². The quantitative estimate of drug-likeness (QED) is 0.378. The van der Waals surface area contributed by atoms with Gasteiger partial charge in [-0.1, -0.05) is 93.0 Å². The molecule has 0 heterocycles. The fourth-order valence-corrected chi connectivity index (χ4v) is 2.50. The van der Waals surface area contributed by atoms with E-state index in [1.54, 1.807) is 0 Å². The number of hydrogen-bond acceptors (Lipinski definition) is 1. The van der Waals surface area contributed by atoms with E-state index in [1.807, 2.05) is 55.4 Å². The fourth-order valence-electron chi connectivity index (χ4n) is 2.50. The fraction of sp³-hybridized carbons (Fsp3) is 0.769. The van der Waals surface area contributed by atoms with Crippen molar-refractivity contribution in [2.24, 2.45) is 0 Å². The lowest BCUT2D eigenvalue weighted by molar-refractivity contribution is 0.179. The number of hydrogen-bond donors (Lipinski definition) is 0. The van der Waals surface area contributed by atoms with Crippen LogP contribution in [-0.4, -0.2) is 17.5 Å². The average Bonchev–Trinajstić information content (AvgIpc) is 2.72. The third-order valence-electron chi connectivity index (χ3n) is 4.20. The van der Waals surface area contributed by atoms with Crippen LogP contribution in [0, 0.1) is 0 Å². The van der Waals surface area contributed by atoms with E-state index in [9.17, 15) is 0 Å². The maximum absolute atomic E-state index is 4.30. The molecule has 0 N–H and O–H groups in total. The molecule has 0 bridgehead atoms. The molecule has 0 spiro atoms. The number of rotatable bonds is 8. The topological polar surface area (TPSA) is 3.24 Å². The molecular formula is C26H55N. The van der Waals surface area contributed by atoms with Gasteiger partial charge in [0.05, 0.1) is 0 Å². The summed E-state index contributed by atoms with van der Waals surface area (Å²) in [6.07, 6.45) is 12.3. The van der Waals surface area contributed by atoms with Crippen molar-refractivity contribution in [2.45, 2.75) is 128 Å². The summed E-state index contributed by atoms with van der Waals surface area (Å²) in [4.78, 5) is 2.48. The summed E-state index contributed by atoms with van der Waals surface area (Å²) in [5.41, 5.74) is 4.00. The molecular weight excluding hydrogens is 326 g/mol. The van der Waals surface area contributed by atoms with Crippen LogP contribution in [0.4, 0.5) is 0 Å². The first-order valence-electron chi connectivity index (χ1n) is 11.9. The maximum Gasteiger partial charge on any atom is 0.0325 e. The lowest BCUT2D eigenvalue weighted by Crippen LogP contribution is -2.39. The molecule has 27 heavy (non-hydrogen) atoms. The minimum Gasteiger partial charge on any atom is -0.369 e. The Balaban J connectivity index is -0.000000292. The van der Waals surface area contributed by atoms with Gasteiger partial charge in [-0.2, -0.15) is 0 Å². The van der Waals surface area contributed by atoms with Crippen LogP contribution >= 0.6 is 0 Å². The summed E-state index contributed by atoms with van der Waals surface area (Å²) in [5.74, 6) is 0. The second-order valence-electron chi connectivity index (χ2n) is 5.78. The van der Waals surface area contributed by atoms with E-state index in [4.69, 9.17) is 0 Å². The first kappa shape index (κ1) is 33.6. The smallest absolute Gasteiger partial charge is 0.0325 e. The Morgan fingerprint density at radius 1 is 0.889 bits per heavy atom. The first-order chi connectivity index (χ1) is 13.1. The Hall–Kier alpha value is -0.980. The van der Waals surface area contributed by atoms with Crippen LogP contribution in [-0.2, 0) is 0 Å². The molecule has 0 aromatic rings. The Morgan fingerprint density at radius 3 is 1.70 bits per heavy atom. The standard InChI is InChI=1S/C18H31N.4C2H6/c1-6-8-10-15(3)13-14-16(4)17(5)19(7-2)18-11-9-12-18;4*1-2/h13-14,18H,5-12H2,1-4H3;4*1-2H3/b15-13+,16-14-;;;;. The lowest BCUT2D eigenvalue weighted by Gasteiger charge is -2.40. The van der Waals surface area contributed by atoms with Crippen LogP contribution in [0.5, 0.6) is 0 Å². The number of likely N-dealkylation sites (N-methyl/N-ethyl adjacent to an activating group) is 1. The lowest BCUT2D eigenvalue weighted by atomic mass is 9.90. The Bertz CT molecular complexity index is 345. The monoisotopic (exact) mass is 381 g/mol. The predicted molar refractivity (Wildman–Crippen MR) is 132 cm³/mol. The Labute approximate surface area is 175 Å².